The van der Waals surface area contributed by atoms with Crippen molar-refractivity contribution in [2.45, 2.75) is 56.8 Å². The lowest BCUT2D eigenvalue weighted by molar-refractivity contribution is -0.646. The van der Waals surface area contributed by atoms with E-state index < -0.39 is 56.8 Å². The number of halogens is 20. The molecule has 0 aromatic heterocycles. The summed E-state index contributed by atoms with van der Waals surface area (Å²) in [6.45, 7) is 0. The summed E-state index contributed by atoms with van der Waals surface area (Å²) < 4.78 is 260. The van der Waals surface area contributed by atoms with E-state index in [-0.39, 0.29) is 0 Å². The third-order valence-electron chi connectivity index (χ3n) is 1.89. The molecule has 0 N–H and O–H groups in total. The summed E-state index contributed by atoms with van der Waals surface area (Å²) in [5.74, 6) is 0. The van der Waals surface area contributed by atoms with Crippen LogP contribution in [0.4, 0.5) is 87.8 Å². The predicted octanol–water partition coefficient (Wildman–Crippen LogP) is 6.01. The quantitative estimate of drug-likeness (QED) is 0.174. The molecule has 0 bridgehead atoms. The molecule has 0 spiro atoms. The van der Waals surface area contributed by atoms with E-state index >= 15 is 0 Å². The molecular formula is C9F20O8. The molecule has 0 aromatic rings. The van der Waals surface area contributed by atoms with Crippen molar-refractivity contribution in [1.29, 1.82) is 0 Å². The fraction of sp³-hybridized carbons (Fsp3) is 1.00. The summed E-state index contributed by atoms with van der Waals surface area (Å²) in [6, 6.07) is 0. The van der Waals surface area contributed by atoms with Crippen LogP contribution in [0, 0.1) is 0 Å². The van der Waals surface area contributed by atoms with Crippen LogP contribution in [0.3, 0.4) is 0 Å². The standard InChI is InChI=1S/C9F20O8/c10-1(11,12)30-3(16,17)32-5(20,21)34-7(24,25)36-9(28,29)37-8(26,27)35-6(22,23)33-4(18,19)31-2(13,14)15. The first-order valence-electron chi connectivity index (χ1n) is 7.05. The molecule has 37 heavy (non-hydrogen) atoms. The Balaban J connectivity index is 5.36. The molecule has 0 amide bonds. The van der Waals surface area contributed by atoms with Gasteiger partial charge in [0.1, 0.15) is 0 Å². The number of hydrogen-bond donors (Lipinski definition) is 0. The molecule has 0 aliphatic heterocycles. The molecule has 0 rings (SSSR count). The van der Waals surface area contributed by atoms with E-state index in [2.05, 4.69) is 0 Å². The zero-order chi connectivity index (χ0) is 30.2. The zero-order valence-electron chi connectivity index (χ0n) is 15.3. The minimum Gasteiger partial charge on any atom is -0.204 e. The van der Waals surface area contributed by atoms with Crippen LogP contribution >= 0.6 is 0 Å². The van der Waals surface area contributed by atoms with Gasteiger partial charge in [-0.25, -0.2) is 28.4 Å². The molecule has 0 atom stereocenters. The molecule has 0 aliphatic rings. The molecule has 0 saturated heterocycles. The molecule has 0 unspecified atom stereocenters. The maximum Gasteiger partial charge on any atom is 0.529 e. The van der Waals surface area contributed by atoms with Gasteiger partial charge in [-0.3, -0.25) is 0 Å². The van der Waals surface area contributed by atoms with Gasteiger partial charge < -0.3 is 0 Å². The average Bonchev–Trinajstić information content (AvgIpc) is 2.29. The van der Waals surface area contributed by atoms with Crippen LogP contribution in [0.15, 0.2) is 0 Å². The Bertz CT molecular complexity index is 685. The Morgan fingerprint density at radius 1 is 0.189 bits per heavy atom. The highest BCUT2D eigenvalue weighted by Gasteiger charge is 2.64. The van der Waals surface area contributed by atoms with Crippen LogP contribution in [0.5, 0.6) is 0 Å². The maximum absolute atomic E-state index is 12.9. The molecule has 0 radical (unpaired) electrons. The van der Waals surface area contributed by atoms with Crippen LogP contribution < -0.4 is 0 Å². The topological polar surface area (TPSA) is 73.8 Å². The molecule has 224 valence electrons. The third-order valence-corrected chi connectivity index (χ3v) is 1.89. The van der Waals surface area contributed by atoms with Gasteiger partial charge in [-0.05, 0) is 0 Å². The normalized spacial score (nSPS) is 15.9. The lowest BCUT2D eigenvalue weighted by Gasteiger charge is -2.29. The zero-order valence-corrected chi connectivity index (χ0v) is 15.3. The largest absolute Gasteiger partial charge is 0.529 e. The Kier molecular flexibility index (Phi) is 9.96. The lowest BCUT2D eigenvalue weighted by Crippen LogP contribution is -2.49. The summed E-state index contributed by atoms with van der Waals surface area (Å²) in [7, 11) is 0. The van der Waals surface area contributed by atoms with Crippen LogP contribution in [-0.2, 0) is 37.9 Å². The van der Waals surface area contributed by atoms with Gasteiger partial charge in [-0.15, -0.1) is 87.8 Å². The molecule has 0 aliphatic carbocycles. The second-order valence-corrected chi connectivity index (χ2v) is 4.95. The first kappa shape index (κ1) is 35.3. The molecule has 0 fully saturated rings. The van der Waals surface area contributed by atoms with Gasteiger partial charge in [0.25, 0.3) is 0 Å². The Morgan fingerprint density at radius 3 is 0.405 bits per heavy atom. The fourth-order valence-electron chi connectivity index (χ4n) is 1.25. The molecule has 28 heteroatoms. The monoisotopic (exact) mass is 616 g/mol. The van der Waals surface area contributed by atoms with Gasteiger partial charge in [-0.1, -0.05) is 0 Å². The number of hydrogen-bond acceptors (Lipinski definition) is 8. The highest BCUT2D eigenvalue weighted by Crippen LogP contribution is 2.42. The minimum absolute atomic E-state index is 1.55. The van der Waals surface area contributed by atoms with Gasteiger partial charge >= 0.3 is 56.8 Å². The Morgan fingerprint density at radius 2 is 0.297 bits per heavy atom. The Hall–Kier alpha value is -1.72. The number of alkyl halides is 20. The van der Waals surface area contributed by atoms with Gasteiger partial charge in [0.2, 0.25) is 0 Å². The van der Waals surface area contributed by atoms with E-state index in [9.17, 15) is 87.8 Å². The lowest BCUT2D eigenvalue weighted by atomic mass is 11.0. The van der Waals surface area contributed by atoms with Gasteiger partial charge in [-0.2, -0.15) is 9.47 Å². The number of ether oxygens (including phenoxy) is 8. The summed E-state index contributed by atoms with van der Waals surface area (Å²) in [5.41, 5.74) is 0. The van der Waals surface area contributed by atoms with Crippen LogP contribution in [0.2, 0.25) is 0 Å². The van der Waals surface area contributed by atoms with E-state index in [0.29, 0.717) is 0 Å². The molecular weight excluding hydrogens is 616 g/mol. The smallest absolute Gasteiger partial charge is 0.204 e. The van der Waals surface area contributed by atoms with Gasteiger partial charge in [0, 0.05) is 0 Å². The fourth-order valence-corrected chi connectivity index (χ4v) is 1.25. The second-order valence-electron chi connectivity index (χ2n) is 4.95. The van der Waals surface area contributed by atoms with Crippen molar-refractivity contribution in [2.24, 2.45) is 0 Å². The van der Waals surface area contributed by atoms with Crippen LogP contribution in [0.1, 0.15) is 0 Å². The van der Waals surface area contributed by atoms with Crippen LogP contribution in [0.25, 0.3) is 0 Å². The predicted molar refractivity (Wildman–Crippen MR) is 55.4 cm³/mol. The minimum atomic E-state index is -6.99. The summed E-state index contributed by atoms with van der Waals surface area (Å²) in [5, 5.41) is 0. The molecule has 0 saturated carbocycles. The van der Waals surface area contributed by atoms with Crippen molar-refractivity contribution in [1.82, 2.24) is 0 Å². The van der Waals surface area contributed by atoms with Crippen molar-refractivity contribution < 1.29 is 126 Å². The Labute approximate surface area is 184 Å². The van der Waals surface area contributed by atoms with E-state index in [1.165, 1.54) is 0 Å². The number of rotatable bonds is 14. The summed E-state index contributed by atoms with van der Waals surface area (Å²) in [6.07, 6.45) is -60.8. The first-order valence-corrected chi connectivity index (χ1v) is 7.05. The molecule has 8 nitrogen and oxygen atoms in total. The summed E-state index contributed by atoms with van der Waals surface area (Å²) in [4.78, 5) is 0. The van der Waals surface area contributed by atoms with E-state index in [1.54, 1.807) is 37.9 Å². The molecule has 0 heterocycles. The highest BCUT2D eigenvalue weighted by atomic mass is 19.4. The van der Waals surface area contributed by atoms with Gasteiger partial charge in [0.15, 0.2) is 0 Å². The molecule has 0 aromatic carbocycles. The highest BCUT2D eigenvalue weighted by molar-refractivity contribution is 4.50. The maximum atomic E-state index is 12.9. The van der Waals surface area contributed by atoms with E-state index in [0.717, 1.165) is 0 Å². The van der Waals surface area contributed by atoms with Crippen molar-refractivity contribution in [3.63, 3.8) is 0 Å². The third kappa shape index (κ3) is 16.7. The first-order chi connectivity index (χ1) is 15.7. The van der Waals surface area contributed by atoms with Crippen LogP contribution in [-0.4, -0.2) is 56.8 Å². The van der Waals surface area contributed by atoms with E-state index in [1.807, 2.05) is 0 Å². The van der Waals surface area contributed by atoms with Crippen molar-refractivity contribution in [3.8, 4) is 0 Å². The second kappa shape index (κ2) is 10.4. The average molecular weight is 616 g/mol. The van der Waals surface area contributed by atoms with Crippen molar-refractivity contribution in [3.05, 3.63) is 0 Å². The summed E-state index contributed by atoms with van der Waals surface area (Å²) >= 11 is 0. The SMILES string of the molecule is FC(F)(F)OC(F)(F)OC(F)(F)OC(F)(F)OC(F)(F)OC(F)(F)OC(F)(F)OC(F)(F)OC(F)(F)F. The van der Waals surface area contributed by atoms with Crippen molar-refractivity contribution in [2.75, 3.05) is 0 Å². The van der Waals surface area contributed by atoms with Crippen molar-refractivity contribution >= 4 is 0 Å². The van der Waals surface area contributed by atoms with Gasteiger partial charge in [0.05, 0.1) is 0 Å². The van der Waals surface area contributed by atoms with E-state index in [4.69, 9.17) is 0 Å².